The van der Waals surface area contributed by atoms with E-state index in [9.17, 15) is 5.11 Å². The number of hydrogen-bond donors (Lipinski definition) is 1. The fourth-order valence-electron chi connectivity index (χ4n) is 4.40. The maximum absolute atomic E-state index is 11.6. The highest BCUT2D eigenvalue weighted by Gasteiger charge is 2.32. The van der Waals surface area contributed by atoms with Crippen molar-refractivity contribution in [3.63, 3.8) is 0 Å². The number of aliphatic hydroxyl groups is 1. The van der Waals surface area contributed by atoms with Crippen molar-refractivity contribution >= 4 is 0 Å². The number of benzene rings is 2. The Balaban J connectivity index is 1.95. The second kappa shape index (κ2) is 13.9. The first-order valence-electron chi connectivity index (χ1n) is 12.5. The van der Waals surface area contributed by atoms with Gasteiger partial charge in [0.1, 0.15) is 29.5 Å². The van der Waals surface area contributed by atoms with Crippen molar-refractivity contribution in [1.29, 1.82) is 0 Å². The highest BCUT2D eigenvalue weighted by Crippen LogP contribution is 2.41. The van der Waals surface area contributed by atoms with Crippen LogP contribution >= 0.6 is 0 Å². The van der Waals surface area contributed by atoms with E-state index in [0.717, 1.165) is 11.1 Å². The molecule has 37 heavy (non-hydrogen) atoms. The Bertz CT molecular complexity index is 975. The minimum Gasteiger partial charge on any atom is -0.497 e. The molecule has 2 aromatic rings. The second-order valence-corrected chi connectivity index (χ2v) is 9.15. The molecule has 1 N–H and O–H groups in total. The van der Waals surface area contributed by atoms with Crippen LogP contribution in [0.15, 0.2) is 30.3 Å². The van der Waals surface area contributed by atoms with E-state index in [-0.39, 0.29) is 19.7 Å². The lowest BCUT2D eigenvalue weighted by atomic mass is 9.89. The molecule has 2 unspecified atom stereocenters. The standard InChI is InChI=1S/C28H40O9/c1-7-22-23(12-13-33-15-21-16-36-28(2,3)37-21)26(27(29)19-8-10-20(32-6)11-9-19)25(35-18-31-5)14-24(22)34-17-30-4/h8-11,14,21,27,29H,7,12-13,15-18H2,1-6H3. The molecule has 1 saturated heterocycles. The molecule has 0 amide bonds. The molecule has 1 heterocycles. The van der Waals surface area contributed by atoms with Crippen molar-refractivity contribution in [2.24, 2.45) is 0 Å². The lowest BCUT2D eigenvalue weighted by Crippen LogP contribution is -2.24. The van der Waals surface area contributed by atoms with Crippen LogP contribution in [0.3, 0.4) is 0 Å². The molecule has 9 nitrogen and oxygen atoms in total. The van der Waals surface area contributed by atoms with Crippen LogP contribution in [-0.2, 0) is 36.5 Å². The van der Waals surface area contributed by atoms with Crippen LogP contribution in [0.5, 0.6) is 17.2 Å². The fourth-order valence-corrected chi connectivity index (χ4v) is 4.40. The van der Waals surface area contributed by atoms with Crippen LogP contribution < -0.4 is 14.2 Å². The molecular weight excluding hydrogens is 480 g/mol. The molecule has 3 rings (SSSR count). The summed E-state index contributed by atoms with van der Waals surface area (Å²) in [6.45, 7) is 7.24. The average Bonchev–Trinajstić information content (AvgIpc) is 3.26. The molecular formula is C28H40O9. The number of aliphatic hydroxyl groups excluding tert-OH is 1. The Morgan fingerprint density at radius 1 is 1.00 bits per heavy atom. The first-order valence-corrected chi connectivity index (χ1v) is 12.5. The minimum atomic E-state index is -0.957. The van der Waals surface area contributed by atoms with E-state index in [4.69, 9.17) is 37.9 Å². The summed E-state index contributed by atoms with van der Waals surface area (Å²) in [6.07, 6.45) is 0.120. The Hall–Kier alpha value is -2.40. The van der Waals surface area contributed by atoms with Crippen LogP contribution in [0.2, 0.25) is 0 Å². The summed E-state index contributed by atoms with van der Waals surface area (Å²) in [7, 11) is 4.73. The van der Waals surface area contributed by atoms with Crippen LogP contribution in [-0.4, -0.2) is 71.7 Å². The van der Waals surface area contributed by atoms with Gasteiger partial charge in [-0.2, -0.15) is 0 Å². The first kappa shape index (κ1) is 29.2. The average molecular weight is 521 g/mol. The molecule has 1 aliphatic heterocycles. The van der Waals surface area contributed by atoms with Gasteiger partial charge >= 0.3 is 0 Å². The topological polar surface area (TPSA) is 94.1 Å². The number of hydrogen-bond acceptors (Lipinski definition) is 9. The van der Waals surface area contributed by atoms with E-state index in [1.54, 1.807) is 27.4 Å². The SMILES string of the molecule is CCc1c(OCOC)cc(OCOC)c(C(O)c2ccc(OC)cc2)c1CCOCC1COC(C)(C)O1. The Morgan fingerprint density at radius 3 is 2.24 bits per heavy atom. The van der Waals surface area contributed by atoms with Crippen molar-refractivity contribution in [2.45, 2.75) is 51.6 Å². The molecule has 2 aromatic carbocycles. The predicted octanol–water partition coefficient (Wildman–Crippen LogP) is 4.02. The third-order valence-electron chi connectivity index (χ3n) is 6.11. The lowest BCUT2D eigenvalue weighted by Gasteiger charge is -2.25. The van der Waals surface area contributed by atoms with Gasteiger partial charge in [0, 0.05) is 25.8 Å². The molecule has 0 aromatic heterocycles. The van der Waals surface area contributed by atoms with Crippen LogP contribution in [0.4, 0.5) is 0 Å². The normalized spacial score (nSPS) is 17.5. The highest BCUT2D eigenvalue weighted by atomic mass is 16.7. The van der Waals surface area contributed by atoms with Gasteiger partial charge in [0.25, 0.3) is 0 Å². The Kier molecular flexibility index (Phi) is 11.0. The van der Waals surface area contributed by atoms with Crippen molar-refractivity contribution < 1.29 is 43.0 Å². The van der Waals surface area contributed by atoms with E-state index in [2.05, 4.69) is 0 Å². The fraction of sp³-hybridized carbons (Fsp3) is 0.571. The lowest BCUT2D eigenvalue weighted by molar-refractivity contribution is -0.144. The smallest absolute Gasteiger partial charge is 0.188 e. The summed E-state index contributed by atoms with van der Waals surface area (Å²) < 4.78 is 44.9. The van der Waals surface area contributed by atoms with Gasteiger partial charge in [-0.25, -0.2) is 0 Å². The first-order chi connectivity index (χ1) is 17.8. The van der Waals surface area contributed by atoms with E-state index < -0.39 is 11.9 Å². The molecule has 1 aliphatic rings. The van der Waals surface area contributed by atoms with Gasteiger partial charge in [-0.3, -0.25) is 0 Å². The minimum absolute atomic E-state index is 0.0161. The summed E-state index contributed by atoms with van der Waals surface area (Å²) in [5, 5.41) is 11.6. The van der Waals surface area contributed by atoms with Gasteiger partial charge < -0.3 is 43.0 Å². The quantitative estimate of drug-likeness (QED) is 0.276. The summed E-state index contributed by atoms with van der Waals surface area (Å²) in [5.41, 5.74) is 3.20. The maximum atomic E-state index is 11.6. The molecule has 0 aliphatic carbocycles. The van der Waals surface area contributed by atoms with E-state index in [0.29, 0.717) is 61.0 Å². The van der Waals surface area contributed by atoms with Gasteiger partial charge in [-0.05, 0) is 55.5 Å². The van der Waals surface area contributed by atoms with Gasteiger partial charge in [0.15, 0.2) is 19.4 Å². The van der Waals surface area contributed by atoms with Crippen molar-refractivity contribution in [2.75, 3.05) is 54.7 Å². The Labute approximate surface area is 219 Å². The number of rotatable bonds is 15. The molecule has 0 saturated carbocycles. The monoisotopic (exact) mass is 520 g/mol. The zero-order valence-corrected chi connectivity index (χ0v) is 22.7. The molecule has 1 fully saturated rings. The van der Waals surface area contributed by atoms with E-state index in [1.807, 2.05) is 45.0 Å². The number of methoxy groups -OCH3 is 3. The van der Waals surface area contributed by atoms with Crippen LogP contribution in [0, 0.1) is 0 Å². The number of ether oxygens (including phenoxy) is 8. The molecule has 0 radical (unpaired) electrons. The second-order valence-electron chi connectivity index (χ2n) is 9.15. The summed E-state index contributed by atoms with van der Waals surface area (Å²) in [4.78, 5) is 0. The van der Waals surface area contributed by atoms with Crippen molar-refractivity contribution in [1.82, 2.24) is 0 Å². The molecule has 0 bridgehead atoms. The van der Waals surface area contributed by atoms with Gasteiger partial charge in [-0.15, -0.1) is 0 Å². The van der Waals surface area contributed by atoms with E-state index in [1.165, 1.54) is 0 Å². The van der Waals surface area contributed by atoms with E-state index >= 15 is 0 Å². The van der Waals surface area contributed by atoms with Crippen LogP contribution in [0.1, 0.15) is 49.1 Å². The van der Waals surface area contributed by atoms with Gasteiger partial charge in [-0.1, -0.05) is 19.1 Å². The largest absolute Gasteiger partial charge is 0.497 e. The maximum Gasteiger partial charge on any atom is 0.188 e. The van der Waals surface area contributed by atoms with Crippen molar-refractivity contribution in [3.8, 4) is 17.2 Å². The van der Waals surface area contributed by atoms with Gasteiger partial charge in [0.05, 0.1) is 26.9 Å². The zero-order chi connectivity index (χ0) is 26.8. The third-order valence-corrected chi connectivity index (χ3v) is 6.11. The molecule has 2 atom stereocenters. The summed E-state index contributed by atoms with van der Waals surface area (Å²) in [5.74, 6) is 1.21. The van der Waals surface area contributed by atoms with Gasteiger partial charge in [0.2, 0.25) is 0 Å². The zero-order valence-electron chi connectivity index (χ0n) is 22.7. The van der Waals surface area contributed by atoms with Crippen molar-refractivity contribution in [3.05, 3.63) is 52.6 Å². The predicted molar refractivity (Wildman–Crippen MR) is 137 cm³/mol. The highest BCUT2D eigenvalue weighted by molar-refractivity contribution is 5.56. The Morgan fingerprint density at radius 2 is 1.68 bits per heavy atom. The summed E-state index contributed by atoms with van der Waals surface area (Å²) in [6, 6.07) is 9.10. The molecule has 0 spiro atoms. The molecule has 206 valence electrons. The molecule has 9 heteroatoms. The third kappa shape index (κ3) is 7.80. The summed E-state index contributed by atoms with van der Waals surface area (Å²) >= 11 is 0. The van der Waals surface area contributed by atoms with Crippen LogP contribution in [0.25, 0.3) is 0 Å².